The van der Waals surface area contributed by atoms with Gasteiger partial charge in [-0.15, -0.1) is 5.10 Å². The lowest BCUT2D eigenvalue weighted by atomic mass is 9.99. The topological polar surface area (TPSA) is 167 Å². The van der Waals surface area contributed by atoms with Gasteiger partial charge in [0.25, 0.3) is 0 Å². The van der Waals surface area contributed by atoms with Crippen molar-refractivity contribution in [3.8, 4) is 11.1 Å². The second-order valence-corrected chi connectivity index (χ2v) is 14.4. The van der Waals surface area contributed by atoms with Crippen molar-refractivity contribution in [3.63, 3.8) is 0 Å². The number of nitrogen functional groups attached to an aromatic ring is 1. The highest BCUT2D eigenvalue weighted by Gasteiger charge is 2.32. The van der Waals surface area contributed by atoms with Crippen LogP contribution in [-0.2, 0) is 39.3 Å². The smallest absolute Gasteiger partial charge is 0.224 e. The summed E-state index contributed by atoms with van der Waals surface area (Å²) in [5.41, 5.74) is 12.9. The van der Waals surface area contributed by atoms with Crippen LogP contribution in [-0.4, -0.2) is 49.0 Å². The Morgan fingerprint density at radius 3 is 2.33 bits per heavy atom. The van der Waals surface area contributed by atoms with Crippen LogP contribution in [0.4, 0.5) is 11.4 Å². The van der Waals surface area contributed by atoms with E-state index in [1.165, 1.54) is 0 Å². The number of benzene rings is 4. The van der Waals surface area contributed by atoms with Gasteiger partial charge in [-0.25, -0.2) is 4.68 Å². The highest BCUT2D eigenvalue weighted by atomic mass is 32.2. The SMILES string of the molecule is Cn1nnnc1SC[C@@H]1C[C@H](c2ccc(CO)cc2)O[C@H](c2cccc(-c3cccc(CNC(=O)CCCCCCC(=O)Nc4ccccc4N)c3)c2)O1. The fourth-order valence-electron chi connectivity index (χ4n) is 6.30. The number of tetrazole rings is 1. The molecule has 12 nitrogen and oxygen atoms in total. The average Bonchev–Trinajstić information content (AvgIpc) is 3.62. The summed E-state index contributed by atoms with van der Waals surface area (Å²) in [5, 5.41) is 28.0. The van der Waals surface area contributed by atoms with Crippen LogP contribution in [0.2, 0.25) is 0 Å². The number of unbranched alkanes of at least 4 members (excludes halogenated alkanes) is 3. The number of aryl methyl sites for hydroxylation is 1. The normalized spacial score (nSPS) is 16.9. The number of para-hydroxylation sites is 2. The van der Waals surface area contributed by atoms with E-state index < -0.39 is 6.29 Å². The van der Waals surface area contributed by atoms with Crippen LogP contribution in [0.1, 0.15) is 79.6 Å². The molecule has 5 N–H and O–H groups in total. The summed E-state index contributed by atoms with van der Waals surface area (Å²) in [4.78, 5) is 24.9. The number of aromatic nitrogens is 4. The van der Waals surface area contributed by atoms with Crippen LogP contribution < -0.4 is 16.4 Å². The minimum absolute atomic E-state index is 0.00926. The number of ether oxygens (including phenoxy) is 2. The Labute approximate surface area is 319 Å². The van der Waals surface area contributed by atoms with Crippen molar-refractivity contribution in [1.29, 1.82) is 0 Å². The Kier molecular flexibility index (Phi) is 13.8. The molecule has 0 bridgehead atoms. The molecular formula is C41H47N7O5S. The highest BCUT2D eigenvalue weighted by Crippen LogP contribution is 2.40. The molecule has 1 aliphatic heterocycles. The van der Waals surface area contributed by atoms with Gasteiger partial charge in [0.2, 0.25) is 17.0 Å². The molecule has 0 aliphatic carbocycles. The van der Waals surface area contributed by atoms with Gasteiger partial charge in [0.15, 0.2) is 6.29 Å². The number of hydrogen-bond donors (Lipinski definition) is 4. The van der Waals surface area contributed by atoms with E-state index in [9.17, 15) is 14.7 Å². The van der Waals surface area contributed by atoms with E-state index in [0.717, 1.165) is 59.1 Å². The molecule has 2 heterocycles. The first-order chi connectivity index (χ1) is 26.3. The summed E-state index contributed by atoms with van der Waals surface area (Å²) < 4.78 is 14.8. The van der Waals surface area contributed by atoms with Gasteiger partial charge in [-0.3, -0.25) is 9.59 Å². The zero-order chi connectivity index (χ0) is 37.7. The van der Waals surface area contributed by atoms with Crippen LogP contribution in [0.3, 0.4) is 0 Å². The Morgan fingerprint density at radius 2 is 1.59 bits per heavy atom. The molecule has 1 fully saturated rings. The molecule has 0 spiro atoms. The van der Waals surface area contributed by atoms with Gasteiger partial charge >= 0.3 is 0 Å². The number of nitrogens with one attached hydrogen (secondary N) is 2. The number of carbonyl (C=O) groups is 2. The van der Waals surface area contributed by atoms with Crippen molar-refractivity contribution >= 4 is 35.0 Å². The number of thioether (sulfide) groups is 1. The van der Waals surface area contributed by atoms with E-state index in [-0.39, 0.29) is 30.6 Å². The van der Waals surface area contributed by atoms with Gasteiger partial charge in [0, 0.05) is 44.2 Å². The molecule has 4 aromatic carbocycles. The Hall–Kier alpha value is -5.08. The molecule has 3 atom stereocenters. The lowest BCUT2D eigenvalue weighted by molar-refractivity contribution is -0.245. The van der Waals surface area contributed by atoms with E-state index in [4.69, 9.17) is 15.2 Å². The first kappa shape index (κ1) is 38.6. The minimum Gasteiger partial charge on any atom is -0.397 e. The van der Waals surface area contributed by atoms with Crippen molar-refractivity contribution in [1.82, 2.24) is 25.5 Å². The van der Waals surface area contributed by atoms with Crippen molar-refractivity contribution < 1.29 is 24.2 Å². The highest BCUT2D eigenvalue weighted by molar-refractivity contribution is 7.99. The monoisotopic (exact) mass is 749 g/mol. The predicted molar refractivity (Wildman–Crippen MR) is 209 cm³/mol. The van der Waals surface area contributed by atoms with Gasteiger partial charge < -0.3 is 30.9 Å². The quantitative estimate of drug-likeness (QED) is 0.0447. The number of amides is 2. The molecule has 0 radical (unpaired) electrons. The maximum atomic E-state index is 12.6. The molecule has 5 aromatic rings. The van der Waals surface area contributed by atoms with Crippen LogP contribution in [0.5, 0.6) is 0 Å². The minimum atomic E-state index is -0.599. The average molecular weight is 750 g/mol. The van der Waals surface area contributed by atoms with Crippen molar-refractivity contribution in [2.24, 2.45) is 7.05 Å². The number of aliphatic hydroxyl groups is 1. The van der Waals surface area contributed by atoms with E-state index in [1.54, 1.807) is 28.6 Å². The van der Waals surface area contributed by atoms with E-state index in [1.807, 2.05) is 67.7 Å². The molecule has 0 unspecified atom stereocenters. The molecule has 1 saturated heterocycles. The molecule has 282 valence electrons. The zero-order valence-electron chi connectivity index (χ0n) is 30.4. The lowest BCUT2D eigenvalue weighted by Gasteiger charge is -2.36. The van der Waals surface area contributed by atoms with Gasteiger partial charge in [-0.05, 0) is 75.4 Å². The Bertz CT molecular complexity index is 1990. The zero-order valence-corrected chi connectivity index (χ0v) is 31.2. The number of hydrogen-bond acceptors (Lipinski definition) is 10. The van der Waals surface area contributed by atoms with Crippen LogP contribution >= 0.6 is 11.8 Å². The fraction of sp³-hybridized carbons (Fsp3) is 0.341. The van der Waals surface area contributed by atoms with Gasteiger partial charge in [-0.1, -0.05) is 97.4 Å². The maximum absolute atomic E-state index is 12.6. The summed E-state index contributed by atoms with van der Waals surface area (Å²) in [6, 6.07) is 31.4. The maximum Gasteiger partial charge on any atom is 0.224 e. The molecular weight excluding hydrogens is 703 g/mol. The Balaban J connectivity index is 1.00. The number of nitrogens with zero attached hydrogens (tertiary/aromatic N) is 4. The number of nitrogens with two attached hydrogens (primary N) is 1. The van der Waals surface area contributed by atoms with Crippen molar-refractivity contribution in [2.45, 2.75) is 81.8 Å². The molecule has 2 amide bonds. The third-order valence-electron chi connectivity index (χ3n) is 9.30. The number of anilines is 2. The summed E-state index contributed by atoms with van der Waals surface area (Å²) >= 11 is 1.54. The standard InChI is InChI=1S/C41H47N7O5S/c1-48-41(45-46-47-48)54-27-34-24-37(30-20-18-28(26-49)19-21-30)53-40(52-34)33-13-9-12-32(23-33)31-11-8-10-29(22-31)25-43-38(50)16-4-2-3-5-17-39(51)44-36-15-7-6-14-35(36)42/h6-15,18-23,34,37,40,49H,2-5,16-17,24-27,42H2,1H3,(H,43,50)(H,44,51)/t34-,37+,40+/m0/s1. The number of carbonyl (C=O) groups excluding carboxylic acids is 2. The second-order valence-electron chi connectivity index (χ2n) is 13.4. The van der Waals surface area contributed by atoms with Crippen molar-refractivity contribution in [2.75, 3.05) is 16.8 Å². The third kappa shape index (κ3) is 11.0. The summed E-state index contributed by atoms with van der Waals surface area (Å²) in [6.07, 6.45) is 3.87. The molecule has 54 heavy (non-hydrogen) atoms. The summed E-state index contributed by atoms with van der Waals surface area (Å²) in [5.74, 6) is 0.605. The Morgan fingerprint density at radius 1 is 0.852 bits per heavy atom. The van der Waals surface area contributed by atoms with E-state index >= 15 is 0 Å². The molecule has 6 rings (SSSR count). The van der Waals surface area contributed by atoms with Crippen molar-refractivity contribution in [3.05, 3.63) is 119 Å². The van der Waals surface area contributed by atoms with Crippen LogP contribution in [0.25, 0.3) is 11.1 Å². The van der Waals surface area contributed by atoms with E-state index in [0.29, 0.717) is 48.1 Å². The summed E-state index contributed by atoms with van der Waals surface area (Å²) in [6.45, 7) is 0.418. The number of rotatable bonds is 17. The lowest BCUT2D eigenvalue weighted by Crippen LogP contribution is -2.31. The fourth-order valence-corrected chi connectivity index (χ4v) is 7.16. The first-order valence-corrected chi connectivity index (χ1v) is 19.3. The molecule has 1 aliphatic rings. The largest absolute Gasteiger partial charge is 0.397 e. The van der Waals surface area contributed by atoms with Gasteiger partial charge in [0.05, 0.1) is 30.2 Å². The van der Waals surface area contributed by atoms with Gasteiger partial charge in [0.1, 0.15) is 0 Å². The molecule has 13 heteroatoms. The first-order valence-electron chi connectivity index (χ1n) is 18.3. The second kappa shape index (κ2) is 19.3. The van der Waals surface area contributed by atoms with Crippen LogP contribution in [0.15, 0.2) is 102 Å². The van der Waals surface area contributed by atoms with Crippen LogP contribution in [0, 0.1) is 0 Å². The van der Waals surface area contributed by atoms with E-state index in [2.05, 4.69) is 50.4 Å². The predicted octanol–water partition coefficient (Wildman–Crippen LogP) is 6.88. The molecule has 0 saturated carbocycles. The number of aliphatic hydroxyl groups excluding tert-OH is 1. The van der Waals surface area contributed by atoms with Gasteiger partial charge in [-0.2, -0.15) is 0 Å². The third-order valence-corrected chi connectivity index (χ3v) is 10.4. The molecule has 1 aromatic heterocycles. The summed E-state index contributed by atoms with van der Waals surface area (Å²) in [7, 11) is 1.82.